The Hall–Kier alpha value is 0.0464. The molecule has 0 radical (unpaired) electrons. The molecular formula is C16H14Cl2KNO3. The fraction of sp³-hybridized carbons (Fsp3) is 0.188. The van der Waals surface area contributed by atoms with Crippen molar-refractivity contribution in [1.29, 1.82) is 0 Å². The molecule has 2 aromatic carbocycles. The van der Waals surface area contributed by atoms with Gasteiger partial charge in [0.1, 0.15) is 0 Å². The van der Waals surface area contributed by atoms with Crippen LogP contribution in [0, 0.1) is 0 Å². The summed E-state index contributed by atoms with van der Waals surface area (Å²) in [7, 11) is 0. The van der Waals surface area contributed by atoms with Crippen LogP contribution in [-0.2, 0) is 4.79 Å². The Morgan fingerprint density at radius 1 is 1.17 bits per heavy atom. The monoisotopic (exact) mass is 377 g/mol. The van der Waals surface area contributed by atoms with Crippen LogP contribution in [0.15, 0.2) is 48.5 Å². The number of hydrogen-bond donors (Lipinski definition) is 2. The van der Waals surface area contributed by atoms with Gasteiger partial charge in [0.05, 0.1) is 18.1 Å². The van der Waals surface area contributed by atoms with Gasteiger partial charge in [-0.3, -0.25) is 0 Å². The van der Waals surface area contributed by atoms with Crippen molar-refractivity contribution in [2.24, 2.45) is 0 Å². The standard InChI is InChI=1S/C16H15Cl2NO3.K/c17-11-6-7-12(13(18)8-11)14(20)9-19-15(16(21)22)10-4-2-1-3-5-10;/h1-8,14-15,19-20H,9H2,(H,21,22);/q;+1/p-1/t14-,15?;/m0./s1. The minimum Gasteiger partial charge on any atom is -0.548 e. The molecule has 1 unspecified atom stereocenters. The van der Waals surface area contributed by atoms with E-state index in [2.05, 4.69) is 5.32 Å². The van der Waals surface area contributed by atoms with E-state index in [0.29, 0.717) is 21.2 Å². The second-order valence-corrected chi connectivity index (χ2v) is 5.60. The first-order valence-corrected chi connectivity index (χ1v) is 7.37. The first kappa shape index (κ1) is 21.1. The molecule has 0 heterocycles. The largest absolute Gasteiger partial charge is 1.00 e. The van der Waals surface area contributed by atoms with Crippen LogP contribution < -0.4 is 61.8 Å². The van der Waals surface area contributed by atoms with Gasteiger partial charge in [0, 0.05) is 22.2 Å². The van der Waals surface area contributed by atoms with Gasteiger partial charge in [-0.2, -0.15) is 0 Å². The summed E-state index contributed by atoms with van der Waals surface area (Å²) in [4.78, 5) is 11.3. The van der Waals surface area contributed by atoms with E-state index in [1.807, 2.05) is 0 Å². The number of nitrogens with one attached hydrogen (secondary N) is 1. The Kier molecular flexibility index (Phi) is 9.29. The van der Waals surface area contributed by atoms with Gasteiger partial charge in [0.15, 0.2) is 0 Å². The zero-order chi connectivity index (χ0) is 16.1. The average molecular weight is 378 g/mol. The van der Waals surface area contributed by atoms with Crippen LogP contribution in [-0.4, -0.2) is 17.6 Å². The summed E-state index contributed by atoms with van der Waals surface area (Å²) < 4.78 is 0. The average Bonchev–Trinajstić information content (AvgIpc) is 2.48. The normalized spacial score (nSPS) is 13.0. The summed E-state index contributed by atoms with van der Waals surface area (Å²) in [5.41, 5.74) is 1.03. The van der Waals surface area contributed by atoms with Crippen LogP contribution in [0.25, 0.3) is 0 Å². The number of aliphatic carboxylic acids is 1. The summed E-state index contributed by atoms with van der Waals surface area (Å²) in [6, 6.07) is 12.3. The molecule has 0 bridgehead atoms. The van der Waals surface area contributed by atoms with Crippen LogP contribution in [0.3, 0.4) is 0 Å². The predicted molar refractivity (Wildman–Crippen MR) is 83.6 cm³/mol. The van der Waals surface area contributed by atoms with Crippen LogP contribution in [0.1, 0.15) is 23.3 Å². The second kappa shape index (κ2) is 10.1. The van der Waals surface area contributed by atoms with Crippen LogP contribution in [0.5, 0.6) is 0 Å². The van der Waals surface area contributed by atoms with Gasteiger partial charge >= 0.3 is 51.4 Å². The molecule has 116 valence electrons. The van der Waals surface area contributed by atoms with Crippen molar-refractivity contribution in [3.8, 4) is 0 Å². The molecule has 7 heteroatoms. The summed E-state index contributed by atoms with van der Waals surface area (Å²) in [5.74, 6) is -1.26. The van der Waals surface area contributed by atoms with E-state index >= 15 is 0 Å². The molecule has 0 saturated carbocycles. The maximum absolute atomic E-state index is 11.3. The molecule has 4 nitrogen and oxygen atoms in total. The number of benzene rings is 2. The van der Waals surface area contributed by atoms with Crippen molar-refractivity contribution in [3.63, 3.8) is 0 Å². The quantitative estimate of drug-likeness (QED) is 0.640. The fourth-order valence-corrected chi connectivity index (χ4v) is 2.63. The SMILES string of the molecule is O=C([O-])C(NC[C@H](O)c1ccc(Cl)cc1Cl)c1ccccc1.[K+]. The van der Waals surface area contributed by atoms with E-state index in [-0.39, 0.29) is 57.9 Å². The Balaban J connectivity index is 0.00000264. The van der Waals surface area contributed by atoms with E-state index in [4.69, 9.17) is 23.2 Å². The van der Waals surface area contributed by atoms with Gasteiger partial charge in [0.25, 0.3) is 0 Å². The van der Waals surface area contributed by atoms with Crippen molar-refractivity contribution >= 4 is 29.2 Å². The third-order valence-corrected chi connectivity index (χ3v) is 3.77. The molecule has 0 aliphatic heterocycles. The van der Waals surface area contributed by atoms with Crippen LogP contribution in [0.2, 0.25) is 10.0 Å². The zero-order valence-corrected chi connectivity index (χ0v) is 17.1. The van der Waals surface area contributed by atoms with Crippen molar-refractivity contribution in [2.45, 2.75) is 12.1 Å². The topological polar surface area (TPSA) is 72.4 Å². The molecule has 2 aromatic rings. The molecular weight excluding hydrogens is 364 g/mol. The van der Waals surface area contributed by atoms with E-state index in [1.165, 1.54) is 6.07 Å². The van der Waals surface area contributed by atoms with Crippen molar-refractivity contribution in [2.75, 3.05) is 6.54 Å². The van der Waals surface area contributed by atoms with Crippen molar-refractivity contribution in [3.05, 3.63) is 69.7 Å². The molecule has 2 rings (SSSR count). The Labute approximate surface area is 187 Å². The molecule has 0 spiro atoms. The number of halogens is 2. The number of aliphatic hydroxyl groups is 1. The van der Waals surface area contributed by atoms with E-state index < -0.39 is 18.1 Å². The number of aliphatic hydroxyl groups excluding tert-OH is 1. The number of rotatable bonds is 6. The van der Waals surface area contributed by atoms with Gasteiger partial charge in [-0.05, 0) is 17.7 Å². The van der Waals surface area contributed by atoms with E-state index in [9.17, 15) is 15.0 Å². The minimum atomic E-state index is -1.26. The first-order chi connectivity index (χ1) is 10.5. The van der Waals surface area contributed by atoms with Crippen molar-refractivity contribution < 1.29 is 66.4 Å². The molecule has 2 N–H and O–H groups in total. The van der Waals surface area contributed by atoms with Crippen LogP contribution >= 0.6 is 23.2 Å². The molecule has 0 aromatic heterocycles. The molecule has 0 amide bonds. The van der Waals surface area contributed by atoms with Crippen molar-refractivity contribution in [1.82, 2.24) is 5.32 Å². The minimum absolute atomic E-state index is 0. The Morgan fingerprint density at radius 3 is 2.39 bits per heavy atom. The van der Waals surface area contributed by atoms with E-state index in [1.54, 1.807) is 42.5 Å². The van der Waals surface area contributed by atoms with Gasteiger partial charge in [-0.15, -0.1) is 0 Å². The zero-order valence-electron chi connectivity index (χ0n) is 12.5. The molecule has 23 heavy (non-hydrogen) atoms. The molecule has 0 aliphatic carbocycles. The number of carbonyl (C=O) groups excluding carboxylic acids is 1. The molecule has 0 aliphatic rings. The maximum atomic E-state index is 11.3. The second-order valence-electron chi connectivity index (χ2n) is 4.75. The Bertz CT molecular complexity index is 655. The summed E-state index contributed by atoms with van der Waals surface area (Å²) >= 11 is 11.8. The van der Waals surface area contributed by atoms with Gasteiger partial charge in [0.2, 0.25) is 0 Å². The smallest absolute Gasteiger partial charge is 0.548 e. The predicted octanol–water partition coefficient (Wildman–Crippen LogP) is -0.888. The molecule has 0 fully saturated rings. The first-order valence-electron chi connectivity index (χ1n) is 6.61. The number of carbonyl (C=O) groups is 1. The number of carboxylic acids is 1. The summed E-state index contributed by atoms with van der Waals surface area (Å²) in [5, 5.41) is 25.0. The number of hydrogen-bond acceptors (Lipinski definition) is 4. The molecule has 2 atom stereocenters. The number of carboxylic acid groups (broad SMARTS) is 1. The molecule has 0 saturated heterocycles. The third kappa shape index (κ3) is 6.12. The van der Waals surface area contributed by atoms with Crippen LogP contribution in [0.4, 0.5) is 0 Å². The Morgan fingerprint density at radius 2 is 1.83 bits per heavy atom. The fourth-order valence-electron chi connectivity index (χ4n) is 2.09. The van der Waals surface area contributed by atoms with Gasteiger partial charge < -0.3 is 20.3 Å². The van der Waals surface area contributed by atoms with Gasteiger partial charge in [-0.25, -0.2) is 0 Å². The van der Waals surface area contributed by atoms with E-state index in [0.717, 1.165) is 0 Å². The summed E-state index contributed by atoms with van der Waals surface area (Å²) in [6.07, 6.45) is -0.963. The summed E-state index contributed by atoms with van der Waals surface area (Å²) in [6.45, 7) is 0.00882. The third-order valence-electron chi connectivity index (χ3n) is 3.21. The van der Waals surface area contributed by atoms with Gasteiger partial charge in [-0.1, -0.05) is 59.6 Å². The maximum Gasteiger partial charge on any atom is 1.00 e.